The molecular formula is C30H35F3N6O3. The van der Waals surface area contributed by atoms with Crippen molar-refractivity contribution >= 4 is 23.0 Å². The van der Waals surface area contributed by atoms with Crippen LogP contribution in [0.2, 0.25) is 0 Å². The number of rotatable bonds is 6. The zero-order valence-corrected chi connectivity index (χ0v) is 24.0. The minimum Gasteiger partial charge on any atom is -0.378 e. The fraction of sp³-hybridized carbons (Fsp3) is 0.433. The average Bonchev–Trinajstić information content (AvgIpc) is 2.99. The highest BCUT2D eigenvalue weighted by molar-refractivity contribution is 6.05. The lowest BCUT2D eigenvalue weighted by atomic mass is 10.0. The van der Waals surface area contributed by atoms with Gasteiger partial charge in [-0.05, 0) is 43.8 Å². The van der Waals surface area contributed by atoms with Gasteiger partial charge in [-0.2, -0.15) is 13.2 Å². The number of ether oxygens (including phenoxy) is 1. The molecule has 2 fully saturated rings. The van der Waals surface area contributed by atoms with Crippen LogP contribution in [-0.2, 0) is 18.0 Å². The van der Waals surface area contributed by atoms with E-state index in [-0.39, 0.29) is 11.1 Å². The fourth-order valence-electron chi connectivity index (χ4n) is 5.38. The zero-order valence-electron chi connectivity index (χ0n) is 24.0. The molecule has 1 amide bonds. The van der Waals surface area contributed by atoms with Crippen molar-refractivity contribution in [2.45, 2.75) is 20.0 Å². The number of benzene rings is 1. The first-order chi connectivity index (χ1) is 20.0. The number of pyridine rings is 2. The third-order valence-electron chi connectivity index (χ3n) is 7.86. The zero-order chi connectivity index (χ0) is 30.0. The van der Waals surface area contributed by atoms with Gasteiger partial charge in [0.15, 0.2) is 0 Å². The molecule has 3 aromatic rings. The first-order valence-electron chi connectivity index (χ1n) is 14.0. The largest absolute Gasteiger partial charge is 0.416 e. The maximum absolute atomic E-state index is 13.8. The number of hydrogen-bond donors (Lipinski definition) is 1. The summed E-state index contributed by atoms with van der Waals surface area (Å²) in [5, 5.41) is 2.73. The number of likely N-dealkylation sites (N-methyl/N-ethyl adjacent to an activating group) is 1. The third-order valence-corrected chi connectivity index (χ3v) is 7.86. The van der Waals surface area contributed by atoms with Crippen LogP contribution in [0.3, 0.4) is 0 Å². The summed E-state index contributed by atoms with van der Waals surface area (Å²) in [6.07, 6.45) is -1.42. The Morgan fingerprint density at radius 1 is 1.00 bits per heavy atom. The first-order valence-corrected chi connectivity index (χ1v) is 14.0. The van der Waals surface area contributed by atoms with Gasteiger partial charge in [-0.15, -0.1) is 0 Å². The molecule has 224 valence electrons. The Labute approximate surface area is 242 Å². The summed E-state index contributed by atoms with van der Waals surface area (Å²) in [5.74, 6) is -0.666. The molecule has 2 aromatic heterocycles. The van der Waals surface area contributed by atoms with E-state index in [4.69, 9.17) is 4.74 Å². The number of piperazine rings is 1. The van der Waals surface area contributed by atoms with E-state index in [9.17, 15) is 22.8 Å². The molecule has 4 heterocycles. The lowest BCUT2D eigenvalue weighted by Crippen LogP contribution is -2.46. The van der Waals surface area contributed by atoms with Crippen molar-refractivity contribution in [1.82, 2.24) is 14.5 Å². The molecule has 0 saturated carbocycles. The van der Waals surface area contributed by atoms with Crippen molar-refractivity contribution in [1.29, 1.82) is 0 Å². The Morgan fingerprint density at radius 2 is 1.71 bits per heavy atom. The van der Waals surface area contributed by atoms with Crippen LogP contribution < -0.4 is 20.7 Å². The molecular weight excluding hydrogens is 549 g/mol. The van der Waals surface area contributed by atoms with Gasteiger partial charge in [-0.1, -0.05) is 6.92 Å². The summed E-state index contributed by atoms with van der Waals surface area (Å²) in [6, 6.07) is 7.03. The summed E-state index contributed by atoms with van der Waals surface area (Å²) < 4.78 is 48.4. The molecule has 1 N–H and O–H groups in total. The second-order valence-corrected chi connectivity index (χ2v) is 10.6. The molecule has 0 atom stereocenters. The van der Waals surface area contributed by atoms with Gasteiger partial charge >= 0.3 is 6.18 Å². The molecule has 0 bridgehead atoms. The Morgan fingerprint density at radius 3 is 2.38 bits per heavy atom. The average molecular weight is 585 g/mol. The van der Waals surface area contributed by atoms with E-state index in [2.05, 4.69) is 22.1 Å². The molecule has 2 aliphatic heterocycles. The Kier molecular flexibility index (Phi) is 8.55. The number of carbonyl (C=O) groups excluding carboxylic acids is 1. The molecule has 2 aliphatic rings. The van der Waals surface area contributed by atoms with Gasteiger partial charge < -0.3 is 29.3 Å². The van der Waals surface area contributed by atoms with E-state index in [1.807, 2.05) is 16.7 Å². The molecule has 0 unspecified atom stereocenters. The van der Waals surface area contributed by atoms with E-state index >= 15 is 0 Å². The second-order valence-electron chi connectivity index (χ2n) is 10.6. The first kappa shape index (κ1) is 29.6. The summed E-state index contributed by atoms with van der Waals surface area (Å²) in [5.41, 5.74) is 2.25. The van der Waals surface area contributed by atoms with Gasteiger partial charge in [-0.3, -0.25) is 14.6 Å². The maximum atomic E-state index is 13.8. The number of carbonyl (C=O) groups is 1. The van der Waals surface area contributed by atoms with Gasteiger partial charge in [0.2, 0.25) is 0 Å². The monoisotopic (exact) mass is 584 g/mol. The van der Waals surface area contributed by atoms with Crippen LogP contribution in [0.5, 0.6) is 0 Å². The van der Waals surface area contributed by atoms with Crippen molar-refractivity contribution in [3.8, 4) is 11.1 Å². The highest BCUT2D eigenvalue weighted by Crippen LogP contribution is 2.34. The number of morpholine rings is 1. The summed E-state index contributed by atoms with van der Waals surface area (Å²) in [7, 11) is 1.68. The molecule has 12 heteroatoms. The van der Waals surface area contributed by atoms with Gasteiger partial charge in [0.1, 0.15) is 5.69 Å². The van der Waals surface area contributed by atoms with Crippen molar-refractivity contribution in [2.24, 2.45) is 7.05 Å². The molecule has 9 nitrogen and oxygen atoms in total. The Hall–Kier alpha value is -3.90. The lowest BCUT2D eigenvalue weighted by molar-refractivity contribution is -0.137. The van der Waals surface area contributed by atoms with Crippen molar-refractivity contribution in [3.63, 3.8) is 0 Å². The van der Waals surface area contributed by atoms with Crippen LogP contribution in [0.1, 0.15) is 28.5 Å². The van der Waals surface area contributed by atoms with Crippen LogP contribution in [0.25, 0.3) is 11.1 Å². The minimum atomic E-state index is -4.60. The third kappa shape index (κ3) is 6.44. The number of anilines is 3. The van der Waals surface area contributed by atoms with Gasteiger partial charge in [0, 0.05) is 80.6 Å². The number of hydrogen-bond acceptors (Lipinski definition) is 7. The van der Waals surface area contributed by atoms with E-state index in [0.29, 0.717) is 67.7 Å². The Balaban J connectivity index is 1.44. The van der Waals surface area contributed by atoms with Crippen LogP contribution in [0.15, 0.2) is 47.5 Å². The SMILES string of the molecule is CCN1CCN(c2cc(C(=O)Nc3cnc(C)c(-c4cc(N5CCOCC5)c(=O)n(C)c4)c3)cc(C(F)(F)F)c2)CC1. The second kappa shape index (κ2) is 12.1. The molecule has 42 heavy (non-hydrogen) atoms. The highest BCUT2D eigenvalue weighted by atomic mass is 19.4. The smallest absolute Gasteiger partial charge is 0.378 e. The quantitative estimate of drug-likeness (QED) is 0.469. The summed E-state index contributed by atoms with van der Waals surface area (Å²) in [4.78, 5) is 36.7. The van der Waals surface area contributed by atoms with Gasteiger partial charge in [-0.25, -0.2) is 0 Å². The maximum Gasteiger partial charge on any atom is 0.416 e. The lowest BCUT2D eigenvalue weighted by Gasteiger charge is -2.36. The number of amides is 1. The molecule has 5 rings (SSSR count). The summed E-state index contributed by atoms with van der Waals surface area (Å²) in [6.45, 7) is 9.63. The number of alkyl halides is 3. The Bertz CT molecular complexity index is 1510. The number of nitrogens with zero attached hydrogens (tertiary/aromatic N) is 5. The van der Waals surface area contributed by atoms with Gasteiger partial charge in [0.05, 0.1) is 30.7 Å². The van der Waals surface area contributed by atoms with E-state index in [1.165, 1.54) is 16.8 Å². The molecule has 0 radical (unpaired) electrons. The van der Waals surface area contributed by atoms with Crippen molar-refractivity contribution in [3.05, 3.63) is 69.9 Å². The molecule has 0 spiro atoms. The minimum absolute atomic E-state index is 0.0865. The predicted molar refractivity (Wildman–Crippen MR) is 156 cm³/mol. The van der Waals surface area contributed by atoms with Crippen molar-refractivity contribution in [2.75, 3.05) is 74.1 Å². The predicted octanol–water partition coefficient (Wildman–Crippen LogP) is 4.01. The molecule has 2 saturated heterocycles. The van der Waals surface area contributed by atoms with Gasteiger partial charge in [0.25, 0.3) is 11.5 Å². The van der Waals surface area contributed by atoms with E-state index in [1.54, 1.807) is 25.4 Å². The van der Waals surface area contributed by atoms with Crippen LogP contribution in [0, 0.1) is 6.92 Å². The number of aromatic nitrogens is 2. The van der Waals surface area contributed by atoms with Crippen LogP contribution in [0.4, 0.5) is 30.2 Å². The highest BCUT2D eigenvalue weighted by Gasteiger charge is 2.33. The number of nitrogens with one attached hydrogen (secondary N) is 1. The van der Waals surface area contributed by atoms with Crippen LogP contribution in [-0.4, -0.2) is 79.4 Å². The van der Waals surface area contributed by atoms with E-state index < -0.39 is 17.6 Å². The van der Waals surface area contributed by atoms with E-state index in [0.717, 1.165) is 37.3 Å². The van der Waals surface area contributed by atoms with Crippen LogP contribution >= 0.6 is 0 Å². The topological polar surface area (TPSA) is 82.9 Å². The standard InChI is InChI=1S/C30H35F3N6O3/c1-4-37-5-7-38(8-6-37)25-14-21(13-23(16-25)30(31,32)33)28(40)35-24-17-26(20(2)34-18-24)22-15-27(29(41)36(3)19-22)39-9-11-42-12-10-39/h13-19H,4-12H2,1-3H3,(H,35,40). The molecule has 1 aromatic carbocycles. The van der Waals surface area contributed by atoms with Crippen molar-refractivity contribution < 1.29 is 22.7 Å². The fourth-order valence-corrected chi connectivity index (χ4v) is 5.38. The normalized spacial score (nSPS) is 16.5. The number of aryl methyl sites for hydroxylation is 2. The molecule has 0 aliphatic carbocycles. The number of halogens is 3. The summed E-state index contributed by atoms with van der Waals surface area (Å²) >= 11 is 0.